The van der Waals surface area contributed by atoms with E-state index >= 15 is 0 Å². The van der Waals surface area contributed by atoms with Crippen molar-refractivity contribution in [3.63, 3.8) is 0 Å². The minimum Gasteiger partial charge on any atom is -0.393 e. The molecule has 5 nitrogen and oxygen atoms in total. The van der Waals surface area contributed by atoms with Gasteiger partial charge in [-0.15, -0.1) is 0 Å². The van der Waals surface area contributed by atoms with E-state index < -0.39 is 0 Å². The topological polar surface area (TPSA) is 64.6 Å². The zero-order valence-electron chi connectivity index (χ0n) is 13.6. The summed E-state index contributed by atoms with van der Waals surface area (Å²) in [5.74, 6) is 0.243. The first kappa shape index (κ1) is 17.3. The molecular weight excluding hydrogens is 266 g/mol. The van der Waals surface area contributed by atoms with Crippen LogP contribution < -0.4 is 15.5 Å². The Hall–Kier alpha value is -1.75. The zero-order chi connectivity index (χ0) is 16.0. The van der Waals surface area contributed by atoms with E-state index in [2.05, 4.69) is 10.6 Å². The van der Waals surface area contributed by atoms with E-state index in [4.69, 9.17) is 0 Å². The van der Waals surface area contributed by atoms with Crippen LogP contribution in [0.2, 0.25) is 0 Å². The highest BCUT2D eigenvalue weighted by Gasteiger charge is 2.09. The minimum absolute atomic E-state index is 0.215. The number of nitrogens with zero attached hydrogens (tertiary/aromatic N) is 1. The van der Waals surface area contributed by atoms with E-state index in [9.17, 15) is 9.90 Å². The summed E-state index contributed by atoms with van der Waals surface area (Å²) in [4.78, 5) is 13.9. The second kappa shape index (κ2) is 7.88. The summed E-state index contributed by atoms with van der Waals surface area (Å²) in [5, 5.41) is 15.0. The third-order valence-electron chi connectivity index (χ3n) is 3.33. The van der Waals surface area contributed by atoms with Crippen LogP contribution in [0.25, 0.3) is 0 Å². The van der Waals surface area contributed by atoms with E-state index in [1.54, 1.807) is 6.92 Å². The highest BCUT2D eigenvalue weighted by molar-refractivity contribution is 5.90. The molecule has 0 aliphatic carbocycles. The Labute approximate surface area is 127 Å². The highest BCUT2D eigenvalue weighted by Crippen LogP contribution is 2.21. The molecule has 0 saturated heterocycles. The van der Waals surface area contributed by atoms with Crippen LogP contribution in [0.4, 0.5) is 16.2 Å². The Morgan fingerprint density at radius 3 is 2.52 bits per heavy atom. The number of anilines is 2. The number of carbonyl (C=O) groups excluding carboxylic acids is 1. The number of benzene rings is 1. The molecule has 2 amide bonds. The first-order valence-electron chi connectivity index (χ1n) is 7.30. The average molecular weight is 293 g/mol. The van der Waals surface area contributed by atoms with Gasteiger partial charge >= 0.3 is 6.03 Å². The molecule has 0 bridgehead atoms. The Kier molecular flexibility index (Phi) is 6.49. The Balaban J connectivity index is 2.51. The molecule has 118 valence electrons. The molecule has 1 aromatic carbocycles. The molecular formula is C16H27N3O2. The van der Waals surface area contributed by atoms with Gasteiger partial charge in [0.15, 0.2) is 0 Å². The Morgan fingerprint density at radius 2 is 2.00 bits per heavy atom. The molecule has 0 spiro atoms. The van der Waals surface area contributed by atoms with E-state index in [1.807, 2.05) is 51.0 Å². The van der Waals surface area contributed by atoms with E-state index in [1.165, 1.54) is 0 Å². The smallest absolute Gasteiger partial charge is 0.319 e. The van der Waals surface area contributed by atoms with Gasteiger partial charge in [-0.2, -0.15) is 0 Å². The number of aliphatic hydroxyl groups is 1. The first-order chi connectivity index (χ1) is 9.79. The number of amides is 2. The quantitative estimate of drug-likeness (QED) is 0.755. The SMILES string of the molecule is Cc1cc(N(C)C)ccc1NC(=O)NCC(C)CC(C)O. The fraction of sp³-hybridized carbons (Fsp3) is 0.562. The molecule has 5 heteroatoms. The molecule has 0 saturated carbocycles. The maximum absolute atomic E-state index is 11.9. The molecule has 0 radical (unpaired) electrons. The lowest BCUT2D eigenvalue weighted by Crippen LogP contribution is -2.33. The van der Waals surface area contributed by atoms with Gasteiger partial charge in [0.1, 0.15) is 0 Å². The number of hydrogen-bond donors (Lipinski definition) is 3. The normalized spacial score (nSPS) is 13.4. The number of aliphatic hydroxyl groups excluding tert-OH is 1. The summed E-state index contributed by atoms with van der Waals surface area (Å²) >= 11 is 0. The lowest BCUT2D eigenvalue weighted by molar-refractivity contribution is 0.163. The van der Waals surface area contributed by atoms with Crippen LogP contribution in [-0.2, 0) is 0 Å². The lowest BCUT2D eigenvalue weighted by Gasteiger charge is -2.17. The van der Waals surface area contributed by atoms with E-state index in [0.717, 1.165) is 16.9 Å². The number of urea groups is 1. The van der Waals surface area contributed by atoms with Gasteiger partial charge < -0.3 is 20.6 Å². The van der Waals surface area contributed by atoms with Gasteiger partial charge in [0.05, 0.1) is 6.10 Å². The molecule has 0 aliphatic rings. The van der Waals surface area contributed by atoms with Gasteiger partial charge in [-0.25, -0.2) is 4.79 Å². The number of nitrogens with one attached hydrogen (secondary N) is 2. The molecule has 0 aliphatic heterocycles. The van der Waals surface area contributed by atoms with Crippen molar-refractivity contribution in [2.24, 2.45) is 5.92 Å². The van der Waals surface area contributed by atoms with Crippen molar-refractivity contribution in [2.45, 2.75) is 33.3 Å². The monoisotopic (exact) mass is 293 g/mol. The molecule has 2 atom stereocenters. The van der Waals surface area contributed by atoms with Crippen molar-refractivity contribution in [1.82, 2.24) is 5.32 Å². The standard InChI is InChI=1S/C16H27N3O2/c1-11(8-13(3)20)10-17-16(21)18-15-7-6-14(19(4)5)9-12(15)2/h6-7,9,11,13,20H,8,10H2,1-5H3,(H2,17,18,21). The first-order valence-corrected chi connectivity index (χ1v) is 7.30. The van der Waals surface area contributed by atoms with Crippen LogP contribution in [0, 0.1) is 12.8 Å². The molecule has 0 fully saturated rings. The maximum atomic E-state index is 11.9. The molecule has 1 rings (SSSR count). The summed E-state index contributed by atoms with van der Waals surface area (Å²) in [7, 11) is 3.97. The third kappa shape index (κ3) is 6.04. The van der Waals surface area contributed by atoms with E-state index in [0.29, 0.717) is 13.0 Å². The van der Waals surface area contributed by atoms with E-state index in [-0.39, 0.29) is 18.1 Å². The number of rotatable bonds is 6. The maximum Gasteiger partial charge on any atom is 0.319 e. The fourth-order valence-corrected chi connectivity index (χ4v) is 2.17. The van der Waals surface area contributed by atoms with Crippen molar-refractivity contribution in [2.75, 3.05) is 30.9 Å². The largest absolute Gasteiger partial charge is 0.393 e. The number of hydrogen-bond acceptors (Lipinski definition) is 3. The summed E-state index contributed by atoms with van der Waals surface area (Å²) in [6, 6.07) is 5.70. The van der Waals surface area contributed by atoms with Crippen molar-refractivity contribution in [3.05, 3.63) is 23.8 Å². The van der Waals surface area contributed by atoms with Gasteiger partial charge in [-0.3, -0.25) is 0 Å². The summed E-state index contributed by atoms with van der Waals surface area (Å²) in [5.41, 5.74) is 2.93. The lowest BCUT2D eigenvalue weighted by atomic mass is 10.1. The van der Waals surface area contributed by atoms with Crippen molar-refractivity contribution in [3.8, 4) is 0 Å². The second-order valence-electron chi connectivity index (χ2n) is 5.92. The van der Waals surface area contributed by atoms with Crippen LogP contribution in [-0.4, -0.2) is 37.9 Å². The van der Waals surface area contributed by atoms with Gasteiger partial charge in [0.2, 0.25) is 0 Å². The minimum atomic E-state index is -0.342. The predicted octanol–water partition coefficient (Wildman–Crippen LogP) is 2.59. The molecule has 2 unspecified atom stereocenters. The van der Waals surface area contributed by atoms with Crippen molar-refractivity contribution < 1.29 is 9.90 Å². The molecule has 21 heavy (non-hydrogen) atoms. The van der Waals surface area contributed by atoms with Gasteiger partial charge in [-0.05, 0) is 49.9 Å². The predicted molar refractivity (Wildman–Crippen MR) is 88.0 cm³/mol. The third-order valence-corrected chi connectivity index (χ3v) is 3.33. The van der Waals surface area contributed by atoms with Crippen molar-refractivity contribution >= 4 is 17.4 Å². The van der Waals surface area contributed by atoms with Crippen LogP contribution >= 0.6 is 0 Å². The van der Waals surface area contributed by atoms with Gasteiger partial charge in [-0.1, -0.05) is 6.92 Å². The molecule has 0 heterocycles. The van der Waals surface area contributed by atoms with Gasteiger partial charge in [0.25, 0.3) is 0 Å². The summed E-state index contributed by atoms with van der Waals surface area (Å²) < 4.78 is 0. The van der Waals surface area contributed by atoms with Crippen LogP contribution in [0.3, 0.4) is 0 Å². The van der Waals surface area contributed by atoms with Crippen molar-refractivity contribution in [1.29, 1.82) is 0 Å². The zero-order valence-corrected chi connectivity index (χ0v) is 13.6. The molecule has 1 aromatic rings. The number of carbonyl (C=O) groups is 1. The Morgan fingerprint density at radius 1 is 1.33 bits per heavy atom. The Bertz CT molecular complexity index is 473. The van der Waals surface area contributed by atoms with Crippen LogP contribution in [0.5, 0.6) is 0 Å². The van der Waals surface area contributed by atoms with Crippen LogP contribution in [0.15, 0.2) is 18.2 Å². The highest BCUT2D eigenvalue weighted by atomic mass is 16.3. The number of aryl methyl sites for hydroxylation is 1. The summed E-state index contributed by atoms with van der Waals surface area (Å²) in [6.07, 6.45) is 0.335. The molecule has 3 N–H and O–H groups in total. The fourth-order valence-electron chi connectivity index (χ4n) is 2.17. The average Bonchev–Trinajstić information content (AvgIpc) is 2.37. The van der Waals surface area contributed by atoms with Gasteiger partial charge in [0, 0.05) is 32.0 Å². The molecule has 0 aromatic heterocycles. The summed E-state index contributed by atoms with van der Waals surface area (Å²) in [6.45, 7) is 6.28. The van der Waals surface area contributed by atoms with Crippen LogP contribution in [0.1, 0.15) is 25.8 Å². The second-order valence-corrected chi connectivity index (χ2v) is 5.92.